The van der Waals surface area contributed by atoms with Gasteiger partial charge in [0.25, 0.3) is 0 Å². The Bertz CT molecular complexity index is 2970. The molecule has 0 saturated carbocycles. The molecule has 3 nitrogen and oxygen atoms in total. The standard InChI is InChI=1S/C51H37N3S2/c1-31-36(37-23-14-26-45-46(37)38-21-9-11-24-43(38)55-45)27-28-40-47-39-22-10-12-25-44(39)56-50(47)49(54(2)48(31)40)35-20-13-19-34(29-35)42-30-41(32-15-5-3-6-16-32)52-51(53-42)33-17-7-4-8-18-33/h3-31,36,49H,1-2H3. The summed E-state index contributed by atoms with van der Waals surface area (Å²) >= 11 is 3.83. The Kier molecular flexibility index (Phi) is 7.87. The van der Waals surface area contributed by atoms with Crippen molar-refractivity contribution in [3.05, 3.63) is 197 Å². The lowest BCUT2D eigenvalue weighted by atomic mass is 9.74. The first kappa shape index (κ1) is 33.2. The minimum atomic E-state index is 0.0393. The minimum Gasteiger partial charge on any atom is -0.365 e. The Hall–Kier alpha value is -6.14. The number of rotatable bonds is 5. The molecule has 6 aromatic carbocycles. The summed E-state index contributed by atoms with van der Waals surface area (Å²) in [6.45, 7) is 2.44. The summed E-state index contributed by atoms with van der Waals surface area (Å²) in [4.78, 5) is 14.3. The van der Waals surface area contributed by atoms with Gasteiger partial charge < -0.3 is 4.90 Å². The van der Waals surface area contributed by atoms with Crippen LogP contribution in [0.15, 0.2) is 176 Å². The van der Waals surface area contributed by atoms with Crippen LogP contribution in [-0.2, 0) is 0 Å². The third kappa shape index (κ3) is 5.30. The predicted octanol–water partition coefficient (Wildman–Crippen LogP) is 13.8. The highest BCUT2D eigenvalue weighted by Crippen LogP contribution is 2.55. The van der Waals surface area contributed by atoms with E-state index in [1.165, 1.54) is 63.1 Å². The predicted molar refractivity (Wildman–Crippen MR) is 237 cm³/mol. The largest absolute Gasteiger partial charge is 0.365 e. The molecule has 1 aliphatic heterocycles. The first-order valence-electron chi connectivity index (χ1n) is 19.3. The average molecular weight is 756 g/mol. The van der Waals surface area contributed by atoms with Gasteiger partial charge in [0.05, 0.1) is 17.4 Å². The highest BCUT2D eigenvalue weighted by atomic mass is 32.1. The number of nitrogens with zero attached hydrogens (tertiary/aromatic N) is 3. The van der Waals surface area contributed by atoms with Crippen molar-refractivity contribution in [3.8, 4) is 33.9 Å². The third-order valence-corrected chi connectivity index (χ3v) is 14.1. The Morgan fingerprint density at radius 3 is 1.98 bits per heavy atom. The molecule has 4 heterocycles. The normalized spacial score (nSPS) is 17.8. The molecular weight excluding hydrogens is 719 g/mol. The molecule has 2 aliphatic rings. The van der Waals surface area contributed by atoms with E-state index in [1.54, 1.807) is 0 Å². The number of fused-ring (bicyclic) bond motifs is 7. The molecule has 3 unspecified atom stereocenters. The van der Waals surface area contributed by atoms with Crippen molar-refractivity contribution in [2.45, 2.75) is 18.9 Å². The molecular formula is C51H37N3S2. The zero-order valence-electron chi connectivity index (χ0n) is 31.1. The summed E-state index contributed by atoms with van der Waals surface area (Å²) in [7, 11) is 2.32. The van der Waals surface area contributed by atoms with E-state index in [0.717, 1.165) is 33.9 Å². The quantitative estimate of drug-likeness (QED) is 0.175. The lowest BCUT2D eigenvalue weighted by Crippen LogP contribution is -2.34. The van der Waals surface area contributed by atoms with E-state index in [-0.39, 0.29) is 17.9 Å². The summed E-state index contributed by atoms with van der Waals surface area (Å²) in [6.07, 6.45) is 4.92. The van der Waals surface area contributed by atoms with E-state index in [9.17, 15) is 0 Å². The summed E-state index contributed by atoms with van der Waals surface area (Å²) in [5, 5.41) is 4.10. The molecule has 0 bridgehead atoms. The summed E-state index contributed by atoms with van der Waals surface area (Å²) in [6, 6.07) is 56.7. The second-order valence-electron chi connectivity index (χ2n) is 15.0. The smallest absolute Gasteiger partial charge is 0.160 e. The van der Waals surface area contributed by atoms with Crippen molar-refractivity contribution >= 4 is 58.5 Å². The van der Waals surface area contributed by atoms with Gasteiger partial charge in [-0.1, -0.05) is 146 Å². The van der Waals surface area contributed by atoms with Gasteiger partial charge in [-0.15, -0.1) is 22.7 Å². The molecule has 3 aromatic heterocycles. The number of hydrogen-bond donors (Lipinski definition) is 0. The van der Waals surface area contributed by atoms with Gasteiger partial charge in [-0.05, 0) is 41.5 Å². The van der Waals surface area contributed by atoms with Crippen molar-refractivity contribution in [2.24, 2.45) is 5.92 Å². The first-order chi connectivity index (χ1) is 27.6. The number of thiophene rings is 2. The number of benzene rings is 6. The van der Waals surface area contributed by atoms with Gasteiger partial charge in [0.2, 0.25) is 0 Å². The maximum atomic E-state index is 5.21. The number of hydrogen-bond acceptors (Lipinski definition) is 5. The van der Waals surface area contributed by atoms with Crippen molar-refractivity contribution < 1.29 is 0 Å². The third-order valence-electron chi connectivity index (χ3n) is 11.7. The van der Waals surface area contributed by atoms with Crippen molar-refractivity contribution in [3.63, 3.8) is 0 Å². The molecule has 268 valence electrons. The molecule has 56 heavy (non-hydrogen) atoms. The Labute approximate surface area is 334 Å². The van der Waals surface area contributed by atoms with Crippen LogP contribution in [0.3, 0.4) is 0 Å². The van der Waals surface area contributed by atoms with E-state index in [4.69, 9.17) is 9.97 Å². The summed E-state index contributed by atoms with van der Waals surface area (Å²) < 4.78 is 4.04. The topological polar surface area (TPSA) is 29.0 Å². The average Bonchev–Trinajstić information content (AvgIpc) is 3.83. The van der Waals surface area contributed by atoms with Crippen LogP contribution in [0.4, 0.5) is 0 Å². The summed E-state index contributed by atoms with van der Waals surface area (Å²) in [5.41, 5.74) is 11.8. The van der Waals surface area contributed by atoms with E-state index < -0.39 is 0 Å². The second-order valence-corrected chi connectivity index (χ2v) is 17.1. The zero-order chi connectivity index (χ0) is 37.3. The van der Waals surface area contributed by atoms with Crippen LogP contribution in [0.2, 0.25) is 0 Å². The van der Waals surface area contributed by atoms with Crippen molar-refractivity contribution in [2.75, 3.05) is 7.05 Å². The SMILES string of the molecule is CC1C2=C(C=CC1c1cccc3sc4ccccc4c13)c1c(sc3ccccc13)C(c1cccc(-c3cc(-c4ccccc4)nc(-c4ccccc4)n3)c1)N2C. The molecule has 0 saturated heterocycles. The van der Waals surface area contributed by atoms with E-state index >= 15 is 0 Å². The van der Waals surface area contributed by atoms with Crippen LogP contribution in [0, 0.1) is 5.92 Å². The van der Waals surface area contributed by atoms with Gasteiger partial charge in [-0.2, -0.15) is 0 Å². The minimum absolute atomic E-state index is 0.0393. The Morgan fingerprint density at radius 2 is 1.20 bits per heavy atom. The monoisotopic (exact) mass is 755 g/mol. The van der Waals surface area contributed by atoms with Gasteiger partial charge in [0.15, 0.2) is 5.82 Å². The fourth-order valence-electron chi connectivity index (χ4n) is 9.20. The Balaban J connectivity index is 1.06. The molecule has 0 radical (unpaired) electrons. The Morgan fingerprint density at radius 1 is 0.571 bits per heavy atom. The zero-order valence-corrected chi connectivity index (χ0v) is 32.7. The maximum Gasteiger partial charge on any atom is 0.160 e. The van der Waals surface area contributed by atoms with Crippen molar-refractivity contribution in [1.29, 1.82) is 0 Å². The van der Waals surface area contributed by atoms with Crippen LogP contribution in [0.5, 0.6) is 0 Å². The molecule has 0 spiro atoms. The molecule has 1 aliphatic carbocycles. The van der Waals surface area contributed by atoms with Crippen LogP contribution in [0.1, 0.15) is 40.5 Å². The van der Waals surface area contributed by atoms with E-state index in [0.29, 0.717) is 0 Å². The molecule has 0 N–H and O–H groups in total. The van der Waals surface area contributed by atoms with Crippen LogP contribution < -0.4 is 0 Å². The fraction of sp³-hybridized carbons (Fsp3) is 0.0980. The summed E-state index contributed by atoms with van der Waals surface area (Å²) in [5.74, 6) is 1.22. The number of aromatic nitrogens is 2. The first-order valence-corrected chi connectivity index (χ1v) is 20.9. The number of allylic oxidation sites excluding steroid dienone is 4. The second kappa shape index (κ2) is 13.3. The fourth-order valence-corrected chi connectivity index (χ4v) is 11.7. The van der Waals surface area contributed by atoms with Crippen LogP contribution in [-0.4, -0.2) is 21.9 Å². The van der Waals surface area contributed by atoms with Crippen LogP contribution >= 0.6 is 22.7 Å². The molecule has 11 rings (SSSR count). The van der Waals surface area contributed by atoms with Crippen molar-refractivity contribution in [1.82, 2.24) is 14.9 Å². The molecule has 5 heteroatoms. The molecule has 0 fully saturated rings. The maximum absolute atomic E-state index is 5.21. The highest BCUT2D eigenvalue weighted by Gasteiger charge is 2.40. The van der Waals surface area contributed by atoms with Gasteiger partial charge in [0.1, 0.15) is 0 Å². The van der Waals surface area contributed by atoms with E-state index in [1.807, 2.05) is 46.9 Å². The highest BCUT2D eigenvalue weighted by molar-refractivity contribution is 7.25. The molecule has 0 amide bonds. The lowest BCUT2D eigenvalue weighted by Gasteiger charge is -2.43. The van der Waals surface area contributed by atoms with E-state index in [2.05, 4.69) is 164 Å². The molecule has 9 aromatic rings. The van der Waals surface area contributed by atoms with Gasteiger partial charge in [-0.3, -0.25) is 0 Å². The van der Waals surface area contributed by atoms with Gasteiger partial charge in [-0.25, -0.2) is 9.97 Å². The molecule has 3 atom stereocenters. The van der Waals surface area contributed by atoms with Crippen LogP contribution in [0.25, 0.3) is 69.7 Å². The lowest BCUT2D eigenvalue weighted by molar-refractivity contribution is 0.302. The van der Waals surface area contributed by atoms with Gasteiger partial charge >= 0.3 is 0 Å². The van der Waals surface area contributed by atoms with Gasteiger partial charge in [0, 0.05) is 87.5 Å².